The molecule has 0 radical (unpaired) electrons. The van der Waals surface area contributed by atoms with Crippen molar-refractivity contribution in [2.75, 3.05) is 10.6 Å². The summed E-state index contributed by atoms with van der Waals surface area (Å²) in [4.78, 5) is 20.8. The van der Waals surface area contributed by atoms with E-state index in [-0.39, 0.29) is 12.0 Å². The van der Waals surface area contributed by atoms with Gasteiger partial charge < -0.3 is 15.4 Å². The van der Waals surface area contributed by atoms with Crippen LogP contribution in [0.3, 0.4) is 0 Å². The third-order valence-corrected chi connectivity index (χ3v) is 4.07. The second-order valence-corrected chi connectivity index (χ2v) is 6.96. The van der Waals surface area contributed by atoms with Crippen LogP contribution in [0.25, 0.3) is 0 Å². The fourth-order valence-electron chi connectivity index (χ4n) is 2.49. The largest absolute Gasteiger partial charge is 0.491 e. The van der Waals surface area contributed by atoms with Gasteiger partial charge in [-0.15, -0.1) is 0 Å². The molecule has 0 aliphatic carbocycles. The number of hydrogen-bond donors (Lipinski definition) is 2. The molecule has 0 bridgehead atoms. The van der Waals surface area contributed by atoms with Crippen LogP contribution in [0.1, 0.15) is 29.8 Å². The van der Waals surface area contributed by atoms with E-state index in [1.807, 2.05) is 45.0 Å². The predicted octanol–water partition coefficient (Wildman–Crippen LogP) is 5.22. The summed E-state index contributed by atoms with van der Waals surface area (Å²) in [5.74, 6) is 0.912. The van der Waals surface area contributed by atoms with Crippen molar-refractivity contribution < 1.29 is 9.53 Å². The molecule has 3 aromatic rings. The summed E-state index contributed by atoms with van der Waals surface area (Å²) in [6.45, 7) is 5.83. The molecule has 1 aromatic heterocycles. The van der Waals surface area contributed by atoms with Gasteiger partial charge in [-0.3, -0.25) is 4.79 Å². The van der Waals surface area contributed by atoms with Crippen LogP contribution in [-0.4, -0.2) is 22.0 Å². The number of aromatic nitrogens is 2. The lowest BCUT2D eigenvalue weighted by Gasteiger charge is -2.11. The molecule has 144 valence electrons. The normalized spacial score (nSPS) is 10.6. The second kappa shape index (κ2) is 8.71. The van der Waals surface area contributed by atoms with Gasteiger partial charge in [-0.05, 0) is 68.8 Å². The summed E-state index contributed by atoms with van der Waals surface area (Å²) in [7, 11) is 0. The molecule has 0 atom stereocenters. The lowest BCUT2D eigenvalue weighted by molar-refractivity contribution is 0.102. The van der Waals surface area contributed by atoms with E-state index in [1.54, 1.807) is 18.2 Å². The summed E-state index contributed by atoms with van der Waals surface area (Å²) < 4.78 is 5.61. The third-order valence-electron chi connectivity index (χ3n) is 3.83. The molecule has 2 N–H and O–H groups in total. The highest BCUT2D eigenvalue weighted by molar-refractivity contribution is 6.30. The molecular weight excluding hydrogens is 376 g/mol. The first kappa shape index (κ1) is 19.6. The van der Waals surface area contributed by atoms with E-state index in [0.29, 0.717) is 22.2 Å². The number of carbonyl (C=O) groups excluding carboxylic acids is 1. The summed E-state index contributed by atoms with van der Waals surface area (Å²) in [6.07, 6.45) is 3.08. The summed E-state index contributed by atoms with van der Waals surface area (Å²) in [6, 6.07) is 12.8. The van der Waals surface area contributed by atoms with Crippen LogP contribution in [0.5, 0.6) is 5.75 Å². The van der Waals surface area contributed by atoms with E-state index in [1.165, 1.54) is 12.4 Å². The molecule has 6 nitrogen and oxygen atoms in total. The number of anilines is 3. The van der Waals surface area contributed by atoms with Crippen molar-refractivity contribution in [2.24, 2.45) is 0 Å². The molecule has 0 unspecified atom stereocenters. The fourth-order valence-corrected chi connectivity index (χ4v) is 2.72. The van der Waals surface area contributed by atoms with Crippen molar-refractivity contribution in [1.29, 1.82) is 0 Å². The Morgan fingerprint density at radius 3 is 2.36 bits per heavy atom. The molecule has 3 rings (SSSR count). The minimum absolute atomic E-state index is 0.123. The molecule has 0 aliphatic heterocycles. The summed E-state index contributed by atoms with van der Waals surface area (Å²) in [5, 5.41) is 6.55. The van der Waals surface area contributed by atoms with Gasteiger partial charge in [0.1, 0.15) is 5.75 Å². The van der Waals surface area contributed by atoms with Gasteiger partial charge in [-0.25, -0.2) is 9.97 Å². The van der Waals surface area contributed by atoms with E-state index in [9.17, 15) is 4.79 Å². The van der Waals surface area contributed by atoms with Crippen molar-refractivity contribution >= 4 is 34.8 Å². The van der Waals surface area contributed by atoms with Crippen LogP contribution in [0.15, 0.2) is 54.9 Å². The average Bonchev–Trinajstić information content (AvgIpc) is 2.66. The van der Waals surface area contributed by atoms with E-state index >= 15 is 0 Å². The van der Waals surface area contributed by atoms with E-state index in [2.05, 4.69) is 20.6 Å². The van der Waals surface area contributed by atoms with Gasteiger partial charge in [0.15, 0.2) is 0 Å². The Bertz CT molecular complexity index is 957. The lowest BCUT2D eigenvalue weighted by atomic mass is 10.2. The third kappa shape index (κ3) is 5.20. The zero-order valence-electron chi connectivity index (χ0n) is 15.9. The van der Waals surface area contributed by atoms with Crippen molar-refractivity contribution in [2.45, 2.75) is 26.9 Å². The first-order valence-corrected chi connectivity index (χ1v) is 9.22. The van der Waals surface area contributed by atoms with Crippen LogP contribution in [0.4, 0.5) is 17.3 Å². The quantitative estimate of drug-likeness (QED) is 0.597. The first-order chi connectivity index (χ1) is 13.4. The highest BCUT2D eigenvalue weighted by Gasteiger charge is 2.10. The zero-order valence-corrected chi connectivity index (χ0v) is 16.6. The van der Waals surface area contributed by atoms with Crippen molar-refractivity contribution in [3.8, 4) is 5.75 Å². The number of rotatable bonds is 6. The first-order valence-electron chi connectivity index (χ1n) is 8.84. The van der Waals surface area contributed by atoms with Crippen LogP contribution in [0.2, 0.25) is 5.02 Å². The molecule has 0 spiro atoms. The number of carbonyl (C=O) groups is 1. The SMILES string of the molecule is Cc1cc(Cl)ccc1NC(=O)c1cnc(Nc2ccc(OC(C)C)cc2)nc1. The van der Waals surface area contributed by atoms with E-state index < -0.39 is 0 Å². The number of benzene rings is 2. The minimum atomic E-state index is -0.285. The van der Waals surface area contributed by atoms with Gasteiger partial charge in [-0.2, -0.15) is 0 Å². The zero-order chi connectivity index (χ0) is 20.1. The molecular formula is C21H21ClN4O2. The molecule has 0 saturated heterocycles. The van der Waals surface area contributed by atoms with Gasteiger partial charge in [0.2, 0.25) is 5.95 Å². The monoisotopic (exact) mass is 396 g/mol. The van der Waals surface area contributed by atoms with Gasteiger partial charge >= 0.3 is 0 Å². The number of halogens is 1. The lowest BCUT2D eigenvalue weighted by Crippen LogP contribution is -2.13. The van der Waals surface area contributed by atoms with E-state index in [0.717, 1.165) is 17.0 Å². The fraction of sp³-hybridized carbons (Fsp3) is 0.190. The maximum Gasteiger partial charge on any atom is 0.258 e. The van der Waals surface area contributed by atoms with Crippen LogP contribution in [-0.2, 0) is 0 Å². The van der Waals surface area contributed by atoms with Crippen LogP contribution in [0, 0.1) is 6.92 Å². The highest BCUT2D eigenvalue weighted by Crippen LogP contribution is 2.21. The minimum Gasteiger partial charge on any atom is -0.491 e. The summed E-state index contributed by atoms with van der Waals surface area (Å²) >= 11 is 5.94. The average molecular weight is 397 g/mol. The van der Waals surface area contributed by atoms with Gasteiger partial charge in [-0.1, -0.05) is 11.6 Å². The number of hydrogen-bond acceptors (Lipinski definition) is 5. The van der Waals surface area contributed by atoms with E-state index in [4.69, 9.17) is 16.3 Å². The Hall–Kier alpha value is -3.12. The summed E-state index contributed by atoms with van der Waals surface area (Å²) in [5.41, 5.74) is 2.76. The molecule has 7 heteroatoms. The molecule has 0 fully saturated rings. The second-order valence-electron chi connectivity index (χ2n) is 6.52. The van der Waals surface area contributed by atoms with Crippen molar-refractivity contribution in [3.05, 3.63) is 71.0 Å². The Morgan fingerprint density at radius 1 is 1.07 bits per heavy atom. The Kier molecular flexibility index (Phi) is 6.11. The molecule has 0 aliphatic rings. The van der Waals surface area contributed by atoms with Gasteiger partial charge in [0, 0.05) is 28.8 Å². The van der Waals surface area contributed by atoms with Gasteiger partial charge in [0.25, 0.3) is 5.91 Å². The number of aryl methyl sites for hydroxylation is 1. The van der Waals surface area contributed by atoms with Crippen LogP contribution >= 0.6 is 11.6 Å². The molecule has 1 amide bonds. The molecule has 1 heterocycles. The molecule has 28 heavy (non-hydrogen) atoms. The Balaban J connectivity index is 1.63. The van der Waals surface area contributed by atoms with Gasteiger partial charge in [0.05, 0.1) is 11.7 Å². The predicted molar refractivity (Wildman–Crippen MR) is 112 cm³/mol. The number of nitrogens with zero attached hydrogens (tertiary/aromatic N) is 2. The number of nitrogens with one attached hydrogen (secondary N) is 2. The topological polar surface area (TPSA) is 76.1 Å². The maximum atomic E-state index is 12.4. The maximum absolute atomic E-state index is 12.4. The smallest absolute Gasteiger partial charge is 0.258 e. The van der Waals surface area contributed by atoms with Crippen molar-refractivity contribution in [3.63, 3.8) is 0 Å². The Labute approximate surface area is 168 Å². The number of ether oxygens (including phenoxy) is 1. The molecule has 2 aromatic carbocycles. The Morgan fingerprint density at radius 2 is 1.75 bits per heavy atom. The van der Waals surface area contributed by atoms with Crippen LogP contribution < -0.4 is 15.4 Å². The molecule has 0 saturated carbocycles. The van der Waals surface area contributed by atoms with Crippen molar-refractivity contribution in [1.82, 2.24) is 9.97 Å². The number of amides is 1. The standard InChI is InChI=1S/C21H21ClN4O2/c1-13(2)28-18-7-5-17(6-8-18)25-21-23-11-15(12-24-21)20(27)26-19-9-4-16(22)10-14(19)3/h4-13H,1-3H3,(H,26,27)(H,23,24,25). The highest BCUT2D eigenvalue weighted by atomic mass is 35.5.